The molecule has 0 heterocycles. The van der Waals surface area contributed by atoms with Gasteiger partial charge >= 0.3 is 91.0 Å². The van der Waals surface area contributed by atoms with Crippen molar-refractivity contribution < 1.29 is 10.5 Å². The van der Waals surface area contributed by atoms with Gasteiger partial charge in [0.1, 0.15) is 0 Å². The number of hydrogen-bond donors (Lipinski definition) is 2. The van der Waals surface area contributed by atoms with Crippen LogP contribution >= 0.6 is 0 Å². The Kier molecular flexibility index (Phi) is 66.7. The first-order chi connectivity index (χ1) is 1.00. The molecule has 0 aromatic rings. The quantitative estimate of drug-likeness (QED) is 0.283. The topological polar surface area (TPSA) is 40.5 Å². The van der Waals surface area contributed by atoms with E-state index in [1.165, 1.54) is 0 Å². The number of rotatable bonds is 0. The molecular weight excluding hydrogens is 207 g/mol. The van der Waals surface area contributed by atoms with Crippen molar-refractivity contribution in [2.45, 2.75) is 0 Å². The van der Waals surface area contributed by atoms with Gasteiger partial charge < -0.3 is 0 Å². The summed E-state index contributed by atoms with van der Waals surface area (Å²) in [4.78, 5) is 0. The van der Waals surface area contributed by atoms with E-state index in [0.717, 1.165) is 0 Å². The monoisotopic (exact) mass is 214 g/mol. The van der Waals surface area contributed by atoms with Crippen LogP contribution in [0.4, 0.5) is 0 Å². The van der Waals surface area contributed by atoms with Crippen LogP contribution < -0.4 is 0 Å². The molecule has 22 valence electrons. The van der Waals surface area contributed by atoms with Gasteiger partial charge in [0.05, 0.1) is 0 Å². The first-order valence-electron chi connectivity index (χ1n) is 0.200. The predicted molar refractivity (Wildman–Crippen MR) is 22.3 cm³/mol. The Bertz CT molecular complexity index is 4.00. The van der Waals surface area contributed by atoms with Gasteiger partial charge in [0.2, 0.25) is 0 Å². The van der Waals surface area contributed by atoms with Crippen molar-refractivity contribution in [2.75, 3.05) is 0 Å². The van der Waals surface area contributed by atoms with Crippen molar-refractivity contribution in [3.63, 3.8) is 0 Å². The molecule has 0 atom stereocenters. The van der Waals surface area contributed by atoms with Crippen LogP contribution in [0.2, 0.25) is 0 Å². The fraction of sp³-hybridized carbons (Fsp3) is 0. The van der Waals surface area contributed by atoms with Gasteiger partial charge in [-0.05, 0) is 0 Å². The van der Waals surface area contributed by atoms with Crippen molar-refractivity contribution in [3.8, 4) is 0 Å². The molecule has 0 bridgehead atoms. The van der Waals surface area contributed by atoms with Crippen molar-refractivity contribution in [1.82, 2.24) is 0 Å². The summed E-state index contributed by atoms with van der Waals surface area (Å²) in [6.07, 6.45) is 0. The summed E-state index contributed by atoms with van der Waals surface area (Å²) in [6.45, 7) is 0. The second kappa shape index (κ2) is 16.9. The molecule has 0 aliphatic heterocycles. The van der Waals surface area contributed by atoms with E-state index >= 15 is 0 Å². The van der Waals surface area contributed by atoms with Crippen LogP contribution in [0.25, 0.3) is 0 Å². The molecule has 0 amide bonds. The zero-order valence-corrected chi connectivity index (χ0v) is 0.894. The normalized spacial score (nSPS) is 1.50. The Labute approximate surface area is 98.7 Å². The third-order valence-corrected chi connectivity index (χ3v) is 0. The fourth-order valence-corrected chi connectivity index (χ4v) is 0. The summed E-state index contributed by atoms with van der Waals surface area (Å²) >= 11 is 0. The van der Waals surface area contributed by atoms with Crippen LogP contribution in [0.1, 0.15) is 0 Å². The summed E-state index contributed by atoms with van der Waals surface area (Å²) in [7, 11) is 0. The zero-order valence-electron chi connectivity index (χ0n) is 0.894. The van der Waals surface area contributed by atoms with Gasteiger partial charge in [0, 0.05) is 0 Å². The number of hydrogen-bond acceptors (Lipinski definition) is 2. The Morgan fingerprint density at radius 3 is 0.750 bits per heavy atom. The van der Waals surface area contributed by atoms with Crippen LogP contribution in [0.15, 0.2) is 0 Å². The molecular formula is H6O2Sr2. The van der Waals surface area contributed by atoms with Gasteiger partial charge in [-0.3, -0.25) is 10.5 Å². The average Bonchev–Trinajstić information content (AvgIpc) is 1.00. The standard InChI is InChI=1S/H2O2.2Sr.4H/c1-2;;;;;;/h1-2H;;;;;;. The van der Waals surface area contributed by atoms with Crippen LogP contribution in [0.5, 0.6) is 0 Å². The van der Waals surface area contributed by atoms with E-state index in [1.54, 1.807) is 0 Å². The van der Waals surface area contributed by atoms with Gasteiger partial charge in [0.15, 0.2) is 0 Å². The molecule has 0 saturated heterocycles. The summed E-state index contributed by atoms with van der Waals surface area (Å²) in [6, 6.07) is 0. The molecule has 0 saturated carbocycles. The molecule has 0 aromatic carbocycles. The van der Waals surface area contributed by atoms with Gasteiger partial charge in [-0.2, -0.15) is 0 Å². The molecule has 0 aliphatic rings. The molecule has 4 heavy (non-hydrogen) atoms. The zero-order chi connectivity index (χ0) is 2.00. The van der Waals surface area contributed by atoms with Crippen LogP contribution in [0, 0.1) is 0 Å². The Morgan fingerprint density at radius 2 is 0.750 bits per heavy atom. The Balaban J connectivity index is -0.00000000500. The minimum atomic E-state index is 0. The predicted octanol–water partition coefficient (Wildman–Crippen LogP) is -1.82. The maximum atomic E-state index is 6.00. The summed E-state index contributed by atoms with van der Waals surface area (Å²) in [5.74, 6) is 0. The van der Waals surface area contributed by atoms with Crippen LogP contribution in [-0.2, 0) is 0 Å². The van der Waals surface area contributed by atoms with E-state index < -0.39 is 0 Å². The fourth-order valence-electron chi connectivity index (χ4n) is 0. The average molecular weight is 213 g/mol. The SMILES string of the molecule is OO.[SrH2].[SrH2]. The van der Waals surface area contributed by atoms with Gasteiger partial charge in [0.25, 0.3) is 0 Å². The van der Waals surface area contributed by atoms with Gasteiger partial charge in [-0.15, -0.1) is 0 Å². The van der Waals surface area contributed by atoms with Gasteiger partial charge in [-0.1, -0.05) is 0 Å². The summed E-state index contributed by atoms with van der Waals surface area (Å²) in [5, 5.41) is 12.0. The van der Waals surface area contributed by atoms with Crippen molar-refractivity contribution in [1.29, 1.82) is 0 Å². The molecule has 0 aliphatic carbocycles. The second-order valence-electron chi connectivity index (χ2n) is 0. The van der Waals surface area contributed by atoms with E-state index in [9.17, 15) is 0 Å². The molecule has 0 fully saturated rings. The molecule has 0 unspecified atom stereocenters. The van der Waals surface area contributed by atoms with Gasteiger partial charge in [-0.25, -0.2) is 0 Å². The summed E-state index contributed by atoms with van der Waals surface area (Å²) < 4.78 is 0. The van der Waals surface area contributed by atoms with E-state index in [2.05, 4.69) is 0 Å². The Hall–Kier alpha value is 2.88. The van der Waals surface area contributed by atoms with Crippen molar-refractivity contribution in [2.24, 2.45) is 0 Å². The van der Waals surface area contributed by atoms with Crippen molar-refractivity contribution in [3.05, 3.63) is 0 Å². The molecule has 2 N–H and O–H groups in total. The Morgan fingerprint density at radius 1 is 0.750 bits per heavy atom. The third kappa shape index (κ3) is 8.86. The van der Waals surface area contributed by atoms with E-state index in [0.29, 0.717) is 0 Å². The first-order valence-corrected chi connectivity index (χ1v) is 0.200. The molecule has 0 aromatic heterocycles. The molecule has 4 heteroatoms. The molecule has 0 rings (SSSR count). The van der Waals surface area contributed by atoms with Crippen molar-refractivity contribution >= 4 is 91.0 Å². The molecule has 0 spiro atoms. The minimum absolute atomic E-state index is 0. The molecule has 0 radical (unpaired) electrons. The maximum absolute atomic E-state index is 6.00. The van der Waals surface area contributed by atoms with E-state index in [1.807, 2.05) is 0 Å². The second-order valence-corrected chi connectivity index (χ2v) is 0. The molecule has 2 nitrogen and oxygen atoms in total. The van der Waals surface area contributed by atoms with E-state index in [-0.39, 0.29) is 91.0 Å². The van der Waals surface area contributed by atoms with Crippen LogP contribution in [0.3, 0.4) is 0 Å². The van der Waals surface area contributed by atoms with Crippen LogP contribution in [-0.4, -0.2) is 101 Å². The van der Waals surface area contributed by atoms with E-state index in [4.69, 9.17) is 10.5 Å². The summed E-state index contributed by atoms with van der Waals surface area (Å²) in [5.41, 5.74) is 0. The third-order valence-electron chi connectivity index (χ3n) is 0. The first kappa shape index (κ1) is 15.8.